The topological polar surface area (TPSA) is 45.9 Å². The average Bonchev–Trinajstić information content (AvgIpc) is 4.43. The van der Waals surface area contributed by atoms with E-state index in [9.17, 15) is 0 Å². The zero-order valence-corrected chi connectivity index (χ0v) is 44.6. The first-order valence-electron chi connectivity index (χ1n) is 27.7. The van der Waals surface area contributed by atoms with Crippen LogP contribution in [0.15, 0.2) is 255 Å². The summed E-state index contributed by atoms with van der Waals surface area (Å²) in [4.78, 5) is 4.94. The molecule has 14 aromatic rings. The Morgan fingerprint density at radius 1 is 0.367 bits per heavy atom. The van der Waals surface area contributed by atoms with Crippen LogP contribution in [0.2, 0.25) is 0 Å². The predicted molar refractivity (Wildman–Crippen MR) is 332 cm³/mol. The van der Waals surface area contributed by atoms with E-state index in [1.807, 2.05) is 0 Å². The van der Waals surface area contributed by atoms with E-state index in [2.05, 4.69) is 274 Å². The number of hydrogen-bond acceptors (Lipinski definition) is 5. The van der Waals surface area contributed by atoms with Crippen molar-refractivity contribution in [1.82, 2.24) is 0 Å². The van der Waals surface area contributed by atoms with Gasteiger partial charge in [0.05, 0.1) is 28.8 Å². The maximum absolute atomic E-state index is 7.33. The molecular formula is C74H56N2O3. The van der Waals surface area contributed by atoms with Crippen molar-refractivity contribution in [1.29, 1.82) is 0 Å². The average molecular weight is 1020 g/mol. The van der Waals surface area contributed by atoms with Crippen LogP contribution in [0, 0.1) is 5.92 Å². The van der Waals surface area contributed by atoms with Crippen molar-refractivity contribution < 1.29 is 13.3 Å². The summed E-state index contributed by atoms with van der Waals surface area (Å²) in [5, 5.41) is 10.6. The minimum atomic E-state index is -0.0265. The second-order valence-electron chi connectivity index (χ2n) is 21.8. The Morgan fingerprint density at radius 2 is 0.810 bits per heavy atom. The summed E-state index contributed by atoms with van der Waals surface area (Å²) in [5.74, 6) is 0.788. The second-order valence-corrected chi connectivity index (χ2v) is 21.8. The van der Waals surface area contributed by atoms with Crippen LogP contribution >= 0.6 is 0 Å². The highest BCUT2D eigenvalue weighted by molar-refractivity contribution is 6.26. The lowest BCUT2D eigenvalue weighted by Gasteiger charge is -2.34. The fraction of sp³-hybridized carbons (Fsp3) is 0.108. The highest BCUT2D eigenvalue weighted by Crippen LogP contribution is 2.52. The van der Waals surface area contributed by atoms with Crippen LogP contribution in [-0.4, -0.2) is 6.04 Å². The zero-order valence-electron chi connectivity index (χ0n) is 44.6. The van der Waals surface area contributed by atoms with E-state index in [0.29, 0.717) is 11.8 Å². The van der Waals surface area contributed by atoms with Crippen molar-refractivity contribution in [2.45, 2.75) is 46.1 Å². The summed E-state index contributed by atoms with van der Waals surface area (Å²) in [6.45, 7) is 9.05. The van der Waals surface area contributed by atoms with Crippen molar-refractivity contribution in [2.75, 3.05) is 9.80 Å². The van der Waals surface area contributed by atoms with Gasteiger partial charge < -0.3 is 23.1 Å². The molecule has 0 N–H and O–H groups in total. The molecule has 15 rings (SSSR count). The lowest BCUT2D eigenvalue weighted by atomic mass is 9.93. The molecule has 1 aliphatic carbocycles. The highest BCUT2D eigenvalue weighted by Gasteiger charge is 2.30. The first-order chi connectivity index (χ1) is 38.9. The van der Waals surface area contributed by atoms with Crippen molar-refractivity contribution in [3.8, 4) is 22.3 Å². The van der Waals surface area contributed by atoms with Gasteiger partial charge in [-0.1, -0.05) is 228 Å². The molecule has 79 heavy (non-hydrogen) atoms. The van der Waals surface area contributed by atoms with Gasteiger partial charge in [-0.15, -0.1) is 0 Å². The SMILES string of the molecule is CC(C)C1=CCC(N(c2cc3c4cc(N(c5ccc(C(C)C)cc5)c5cccc6c5oc5c(-c7ccccc7)cccc56)c5ccccc5c4oc3c3ccccc23)c2cccc3c2oc2c(-c4ccccc4)cccc23)C=C1. The van der Waals surface area contributed by atoms with E-state index in [4.69, 9.17) is 13.3 Å². The van der Waals surface area contributed by atoms with Gasteiger partial charge >= 0.3 is 0 Å². The molecule has 5 nitrogen and oxygen atoms in total. The fourth-order valence-corrected chi connectivity index (χ4v) is 12.6. The Bertz CT molecular complexity index is 4760. The number of anilines is 5. The van der Waals surface area contributed by atoms with Gasteiger partial charge in [0.15, 0.2) is 11.2 Å². The normalized spacial score (nSPS) is 13.9. The van der Waals surface area contributed by atoms with Crippen LogP contribution in [0.1, 0.15) is 45.6 Å². The largest absolute Gasteiger partial charge is 0.455 e. The summed E-state index contributed by atoms with van der Waals surface area (Å²) in [7, 11) is 0. The van der Waals surface area contributed by atoms with E-state index < -0.39 is 0 Å². The third kappa shape index (κ3) is 7.51. The second kappa shape index (κ2) is 18.6. The van der Waals surface area contributed by atoms with Crippen LogP contribution in [0.5, 0.6) is 0 Å². The predicted octanol–water partition coefficient (Wildman–Crippen LogP) is 21.7. The molecule has 0 saturated carbocycles. The van der Waals surface area contributed by atoms with Crippen LogP contribution < -0.4 is 9.80 Å². The molecule has 1 aliphatic rings. The van der Waals surface area contributed by atoms with E-state index in [-0.39, 0.29) is 6.04 Å². The summed E-state index contributed by atoms with van der Waals surface area (Å²) >= 11 is 0. The molecule has 380 valence electrons. The van der Waals surface area contributed by atoms with E-state index in [0.717, 1.165) is 144 Å². The minimum Gasteiger partial charge on any atom is -0.455 e. The molecule has 5 heteroatoms. The summed E-state index contributed by atoms with van der Waals surface area (Å²) in [6.07, 6.45) is 7.98. The molecule has 0 aliphatic heterocycles. The monoisotopic (exact) mass is 1020 g/mol. The van der Waals surface area contributed by atoms with Crippen molar-refractivity contribution in [2.24, 2.45) is 5.92 Å². The first kappa shape index (κ1) is 46.7. The van der Waals surface area contributed by atoms with Gasteiger partial charge in [-0.05, 0) is 76.9 Å². The lowest BCUT2D eigenvalue weighted by Crippen LogP contribution is -2.30. The van der Waals surface area contributed by atoms with Crippen molar-refractivity contribution in [3.63, 3.8) is 0 Å². The van der Waals surface area contributed by atoms with Crippen molar-refractivity contribution in [3.05, 3.63) is 248 Å². The number of fused-ring (bicyclic) bond motifs is 13. The van der Waals surface area contributed by atoms with Gasteiger partial charge in [0.25, 0.3) is 0 Å². The molecule has 0 saturated heterocycles. The molecular weight excluding hydrogens is 965 g/mol. The molecule has 11 aromatic carbocycles. The Morgan fingerprint density at radius 3 is 1.34 bits per heavy atom. The standard InChI is InChI=1S/C74H56N2O3/c1-45(2)47-35-39-51(40-36-47)75(65-33-17-31-61-59-29-15-27-53(69(59)78-73(61)65)49-19-7-5-8-20-49)67-43-63-64-44-68(56-24-12-14-26-58(56)72(64)77-71(63)57-25-13-11-23-55(57)67)76(52-41-37-48(38-42-52)46(3)4)66-34-18-32-62-60-30-16-28-54(70(60)79-74(62)66)50-21-9-6-10-22-50/h5-41,43-46,52H,42H2,1-4H3. The minimum absolute atomic E-state index is 0.0265. The summed E-state index contributed by atoms with van der Waals surface area (Å²) in [5.41, 5.74) is 17.3. The fourth-order valence-electron chi connectivity index (χ4n) is 12.6. The van der Waals surface area contributed by atoms with Gasteiger partial charge in [0.2, 0.25) is 0 Å². The van der Waals surface area contributed by atoms with Gasteiger partial charge in [-0.3, -0.25) is 0 Å². The number of allylic oxidation sites excluding steroid dienone is 2. The van der Waals surface area contributed by atoms with Crippen LogP contribution in [-0.2, 0) is 0 Å². The third-order valence-electron chi connectivity index (χ3n) is 16.5. The van der Waals surface area contributed by atoms with Crippen LogP contribution in [0.4, 0.5) is 28.4 Å². The van der Waals surface area contributed by atoms with Gasteiger partial charge in [0, 0.05) is 70.7 Å². The number of para-hydroxylation sites is 4. The number of furan rings is 3. The third-order valence-corrected chi connectivity index (χ3v) is 16.5. The number of benzene rings is 11. The molecule has 3 heterocycles. The number of nitrogens with zero attached hydrogens (tertiary/aromatic N) is 2. The Labute approximate surface area is 458 Å². The van der Waals surface area contributed by atoms with E-state index >= 15 is 0 Å². The van der Waals surface area contributed by atoms with E-state index in [1.165, 1.54) is 11.1 Å². The lowest BCUT2D eigenvalue weighted by molar-refractivity contribution is 0.664. The van der Waals surface area contributed by atoms with Gasteiger partial charge in [-0.2, -0.15) is 0 Å². The Hall–Kier alpha value is -9.58. The molecule has 1 unspecified atom stereocenters. The van der Waals surface area contributed by atoms with Crippen LogP contribution in [0.25, 0.3) is 110 Å². The maximum Gasteiger partial charge on any atom is 0.159 e. The Kier molecular flexibility index (Phi) is 11.0. The maximum atomic E-state index is 7.33. The smallest absolute Gasteiger partial charge is 0.159 e. The molecule has 0 amide bonds. The molecule has 0 radical (unpaired) electrons. The summed E-state index contributed by atoms with van der Waals surface area (Å²) in [6, 6.07) is 78.6. The van der Waals surface area contributed by atoms with Gasteiger partial charge in [0.1, 0.15) is 22.3 Å². The van der Waals surface area contributed by atoms with Crippen molar-refractivity contribution >= 4 is 116 Å². The first-order valence-corrected chi connectivity index (χ1v) is 27.7. The molecule has 0 fully saturated rings. The quantitative estimate of drug-likeness (QED) is 0.137. The Balaban J connectivity index is 1.00. The summed E-state index contributed by atoms with van der Waals surface area (Å²) < 4.78 is 21.8. The van der Waals surface area contributed by atoms with Gasteiger partial charge in [-0.25, -0.2) is 0 Å². The molecule has 0 bridgehead atoms. The van der Waals surface area contributed by atoms with E-state index in [1.54, 1.807) is 0 Å². The number of rotatable bonds is 10. The zero-order chi connectivity index (χ0) is 52.9. The number of hydrogen-bond donors (Lipinski definition) is 0. The van der Waals surface area contributed by atoms with Crippen LogP contribution in [0.3, 0.4) is 0 Å². The molecule has 3 aromatic heterocycles. The molecule has 1 atom stereocenters. The highest BCUT2D eigenvalue weighted by atomic mass is 16.3. The molecule has 0 spiro atoms.